The fourth-order valence-electron chi connectivity index (χ4n) is 2.57. The molecule has 2 heterocycles. The molecule has 2 nitrogen and oxygen atoms in total. The van der Waals surface area contributed by atoms with Crippen LogP contribution in [0.5, 0.6) is 0 Å². The van der Waals surface area contributed by atoms with Gasteiger partial charge in [-0.3, -0.25) is 4.98 Å². The van der Waals surface area contributed by atoms with Crippen LogP contribution in [0.15, 0.2) is 36.7 Å². The second-order valence-electron chi connectivity index (χ2n) is 4.55. The highest BCUT2D eigenvalue weighted by Crippen LogP contribution is 2.29. The number of pyridine rings is 1. The van der Waals surface area contributed by atoms with Crippen LogP contribution in [0.4, 0.5) is 0 Å². The first-order chi connectivity index (χ1) is 8.36. The SMILES string of the molecule is Cc1ccc(-c2ccncc2)c2c1CNCC2. The Hall–Kier alpha value is -1.67. The molecule has 2 aromatic rings. The van der Waals surface area contributed by atoms with E-state index in [2.05, 4.69) is 41.5 Å². The van der Waals surface area contributed by atoms with Crippen LogP contribution in [0.2, 0.25) is 0 Å². The zero-order valence-corrected chi connectivity index (χ0v) is 10.0. The number of rotatable bonds is 1. The minimum absolute atomic E-state index is 1.00. The lowest BCUT2D eigenvalue weighted by Crippen LogP contribution is -2.25. The van der Waals surface area contributed by atoms with Gasteiger partial charge in [0.15, 0.2) is 0 Å². The van der Waals surface area contributed by atoms with Crippen molar-refractivity contribution >= 4 is 0 Å². The van der Waals surface area contributed by atoms with Crippen molar-refractivity contribution in [2.45, 2.75) is 19.9 Å². The quantitative estimate of drug-likeness (QED) is 0.805. The molecule has 3 rings (SSSR count). The Bertz CT molecular complexity index is 532. The molecule has 0 amide bonds. The first kappa shape index (κ1) is 10.5. The molecule has 1 N–H and O–H groups in total. The van der Waals surface area contributed by atoms with Crippen LogP contribution in [-0.4, -0.2) is 11.5 Å². The molecule has 0 spiro atoms. The van der Waals surface area contributed by atoms with Crippen LogP contribution >= 0.6 is 0 Å². The van der Waals surface area contributed by atoms with E-state index in [4.69, 9.17) is 0 Å². The van der Waals surface area contributed by atoms with E-state index in [9.17, 15) is 0 Å². The van der Waals surface area contributed by atoms with Gasteiger partial charge in [0.1, 0.15) is 0 Å². The van der Waals surface area contributed by atoms with Crippen molar-refractivity contribution in [2.75, 3.05) is 6.54 Å². The number of aryl methyl sites for hydroxylation is 1. The summed E-state index contributed by atoms with van der Waals surface area (Å²) in [5.74, 6) is 0. The molecule has 17 heavy (non-hydrogen) atoms. The largest absolute Gasteiger partial charge is 0.312 e. The minimum atomic E-state index is 1.00. The molecule has 0 atom stereocenters. The van der Waals surface area contributed by atoms with Crippen LogP contribution in [-0.2, 0) is 13.0 Å². The maximum atomic E-state index is 4.09. The lowest BCUT2D eigenvalue weighted by Gasteiger charge is -2.22. The summed E-state index contributed by atoms with van der Waals surface area (Å²) in [6.07, 6.45) is 4.85. The zero-order valence-electron chi connectivity index (χ0n) is 10.0. The molecule has 1 aromatic carbocycles. The molecular weight excluding hydrogens is 208 g/mol. The molecule has 0 fully saturated rings. The summed E-state index contributed by atoms with van der Waals surface area (Å²) in [6.45, 7) is 4.27. The van der Waals surface area contributed by atoms with Crippen molar-refractivity contribution < 1.29 is 0 Å². The number of aromatic nitrogens is 1. The van der Waals surface area contributed by atoms with E-state index in [0.29, 0.717) is 0 Å². The smallest absolute Gasteiger partial charge is 0.0273 e. The fourth-order valence-corrected chi connectivity index (χ4v) is 2.57. The van der Waals surface area contributed by atoms with E-state index in [-0.39, 0.29) is 0 Å². The molecule has 0 saturated heterocycles. The Kier molecular flexibility index (Phi) is 2.65. The molecule has 2 heteroatoms. The second kappa shape index (κ2) is 4.30. The first-order valence-electron chi connectivity index (χ1n) is 6.09. The Balaban J connectivity index is 2.18. The number of benzene rings is 1. The van der Waals surface area contributed by atoms with E-state index in [1.165, 1.54) is 27.8 Å². The van der Waals surface area contributed by atoms with Gasteiger partial charge >= 0.3 is 0 Å². The van der Waals surface area contributed by atoms with Crippen molar-refractivity contribution in [1.82, 2.24) is 10.3 Å². The maximum absolute atomic E-state index is 4.09. The third-order valence-corrected chi connectivity index (χ3v) is 3.51. The Morgan fingerprint density at radius 2 is 1.88 bits per heavy atom. The molecule has 1 aromatic heterocycles. The molecule has 1 aliphatic heterocycles. The van der Waals surface area contributed by atoms with Crippen LogP contribution in [0.3, 0.4) is 0 Å². The summed E-state index contributed by atoms with van der Waals surface area (Å²) in [5, 5.41) is 3.45. The van der Waals surface area contributed by atoms with E-state index in [1.807, 2.05) is 12.4 Å². The number of hydrogen-bond donors (Lipinski definition) is 1. The van der Waals surface area contributed by atoms with Crippen molar-refractivity contribution in [3.63, 3.8) is 0 Å². The van der Waals surface area contributed by atoms with E-state index < -0.39 is 0 Å². The van der Waals surface area contributed by atoms with E-state index in [0.717, 1.165) is 19.5 Å². The minimum Gasteiger partial charge on any atom is -0.312 e. The summed E-state index contributed by atoms with van der Waals surface area (Å²) in [6, 6.07) is 8.65. The van der Waals surface area contributed by atoms with Gasteiger partial charge in [0.25, 0.3) is 0 Å². The highest BCUT2D eigenvalue weighted by Gasteiger charge is 2.15. The van der Waals surface area contributed by atoms with Crippen molar-refractivity contribution in [3.05, 3.63) is 53.3 Å². The molecule has 0 saturated carbocycles. The summed E-state index contributed by atoms with van der Waals surface area (Å²) in [5.41, 5.74) is 7.03. The van der Waals surface area contributed by atoms with Crippen molar-refractivity contribution in [1.29, 1.82) is 0 Å². The highest BCUT2D eigenvalue weighted by atomic mass is 14.9. The molecule has 86 valence electrons. The van der Waals surface area contributed by atoms with Crippen LogP contribution in [0, 0.1) is 6.92 Å². The van der Waals surface area contributed by atoms with Gasteiger partial charge in [0, 0.05) is 18.9 Å². The standard InChI is InChI=1S/C15H16N2/c1-11-2-3-13(12-4-7-16-8-5-12)14-6-9-17-10-15(11)14/h2-5,7-8,17H,6,9-10H2,1H3. The molecule has 1 aliphatic rings. The zero-order chi connectivity index (χ0) is 11.7. The van der Waals surface area contributed by atoms with Gasteiger partial charge < -0.3 is 5.32 Å². The normalized spacial score (nSPS) is 14.4. The van der Waals surface area contributed by atoms with Gasteiger partial charge in [-0.25, -0.2) is 0 Å². The Morgan fingerprint density at radius 1 is 1.06 bits per heavy atom. The average Bonchev–Trinajstić information content (AvgIpc) is 2.41. The maximum Gasteiger partial charge on any atom is 0.0273 e. The summed E-state index contributed by atoms with van der Waals surface area (Å²) >= 11 is 0. The van der Waals surface area contributed by atoms with Gasteiger partial charge in [-0.05, 0) is 59.8 Å². The average molecular weight is 224 g/mol. The fraction of sp³-hybridized carbons (Fsp3) is 0.267. The molecular formula is C15H16N2. The van der Waals surface area contributed by atoms with Gasteiger partial charge in [-0.2, -0.15) is 0 Å². The summed E-state index contributed by atoms with van der Waals surface area (Å²) in [4.78, 5) is 4.09. The topological polar surface area (TPSA) is 24.9 Å². The molecule has 0 bridgehead atoms. The molecule has 0 radical (unpaired) electrons. The molecule has 0 unspecified atom stereocenters. The third-order valence-electron chi connectivity index (χ3n) is 3.51. The third kappa shape index (κ3) is 1.85. The van der Waals surface area contributed by atoms with Gasteiger partial charge in [0.2, 0.25) is 0 Å². The number of nitrogens with one attached hydrogen (secondary N) is 1. The predicted octanol–water partition coefficient (Wildman–Crippen LogP) is 2.70. The van der Waals surface area contributed by atoms with Crippen LogP contribution in [0.25, 0.3) is 11.1 Å². The van der Waals surface area contributed by atoms with E-state index >= 15 is 0 Å². The predicted molar refractivity (Wildman–Crippen MR) is 69.8 cm³/mol. The van der Waals surface area contributed by atoms with Crippen LogP contribution < -0.4 is 5.32 Å². The van der Waals surface area contributed by atoms with Crippen LogP contribution in [0.1, 0.15) is 16.7 Å². The lowest BCUT2D eigenvalue weighted by molar-refractivity contribution is 0.641. The van der Waals surface area contributed by atoms with Gasteiger partial charge in [-0.15, -0.1) is 0 Å². The summed E-state index contributed by atoms with van der Waals surface area (Å²) < 4.78 is 0. The Labute approximate surface area is 102 Å². The van der Waals surface area contributed by atoms with Gasteiger partial charge in [0.05, 0.1) is 0 Å². The first-order valence-corrected chi connectivity index (χ1v) is 6.09. The lowest BCUT2D eigenvalue weighted by atomic mass is 9.89. The Morgan fingerprint density at radius 3 is 2.71 bits per heavy atom. The van der Waals surface area contributed by atoms with Crippen molar-refractivity contribution in [2.24, 2.45) is 0 Å². The number of hydrogen-bond acceptors (Lipinski definition) is 2. The number of nitrogens with zero attached hydrogens (tertiary/aromatic N) is 1. The summed E-state index contributed by atoms with van der Waals surface area (Å²) in [7, 11) is 0. The highest BCUT2D eigenvalue weighted by molar-refractivity contribution is 5.69. The number of fused-ring (bicyclic) bond motifs is 1. The van der Waals surface area contributed by atoms with E-state index in [1.54, 1.807) is 0 Å². The molecule has 0 aliphatic carbocycles. The monoisotopic (exact) mass is 224 g/mol. The van der Waals surface area contributed by atoms with Crippen molar-refractivity contribution in [3.8, 4) is 11.1 Å². The van der Waals surface area contributed by atoms with Gasteiger partial charge in [-0.1, -0.05) is 12.1 Å². The second-order valence-corrected chi connectivity index (χ2v) is 4.55.